The third kappa shape index (κ3) is 1.97. The number of hydrogen-bond acceptors (Lipinski definition) is 2. The Kier molecular flexibility index (Phi) is 3.09. The van der Waals surface area contributed by atoms with E-state index in [0.717, 1.165) is 0 Å². The van der Waals surface area contributed by atoms with Gasteiger partial charge in [0, 0.05) is 0 Å². The summed E-state index contributed by atoms with van der Waals surface area (Å²) >= 11 is 3.35. The molecule has 1 unspecified atom stereocenters. The van der Waals surface area contributed by atoms with Crippen LogP contribution >= 0.6 is 15.9 Å². The molecule has 1 aliphatic carbocycles. The molecule has 0 aliphatic heterocycles. The highest BCUT2D eigenvalue weighted by molar-refractivity contribution is 9.10. The van der Waals surface area contributed by atoms with Crippen LogP contribution in [0.2, 0.25) is 0 Å². The standard InChI is InChI=1S/C9H11BrO2/c1-2-12-8(11)9(10)6-4-3-5-7-9/h3-6H,2,7H2,1H3. The second-order valence-corrected chi connectivity index (χ2v) is 3.99. The van der Waals surface area contributed by atoms with Crippen LogP contribution in [0.1, 0.15) is 13.3 Å². The van der Waals surface area contributed by atoms with Gasteiger partial charge < -0.3 is 4.74 Å². The Morgan fingerprint density at radius 3 is 2.92 bits per heavy atom. The summed E-state index contributed by atoms with van der Waals surface area (Å²) in [6, 6.07) is 0. The number of halogens is 1. The first-order valence-corrected chi connectivity index (χ1v) is 4.69. The molecule has 2 nitrogen and oxygen atoms in total. The van der Waals surface area contributed by atoms with Crippen molar-refractivity contribution in [2.24, 2.45) is 0 Å². The monoisotopic (exact) mass is 230 g/mol. The van der Waals surface area contributed by atoms with Crippen LogP contribution in [0.3, 0.4) is 0 Å². The van der Waals surface area contributed by atoms with Gasteiger partial charge in [0.05, 0.1) is 6.61 Å². The Balaban J connectivity index is 2.65. The van der Waals surface area contributed by atoms with Crippen molar-refractivity contribution in [3.8, 4) is 0 Å². The molecular weight excluding hydrogens is 220 g/mol. The second-order valence-electron chi connectivity index (χ2n) is 2.57. The summed E-state index contributed by atoms with van der Waals surface area (Å²) in [6.45, 7) is 2.22. The number of allylic oxidation sites excluding steroid dienone is 3. The molecule has 0 amide bonds. The SMILES string of the molecule is CCOC(=O)C1(Br)C=CC=CC1. The molecule has 3 heteroatoms. The second kappa shape index (κ2) is 3.90. The zero-order chi connectivity index (χ0) is 9.03. The normalized spacial score (nSPS) is 27.2. The molecule has 66 valence electrons. The number of carbonyl (C=O) groups is 1. The number of ether oxygens (including phenoxy) is 1. The third-order valence-corrected chi connectivity index (χ3v) is 2.55. The summed E-state index contributed by atoms with van der Waals surface area (Å²) in [5, 5.41) is 0. The first-order valence-electron chi connectivity index (χ1n) is 3.89. The van der Waals surface area contributed by atoms with Gasteiger partial charge in [0.25, 0.3) is 0 Å². The van der Waals surface area contributed by atoms with Gasteiger partial charge in [-0.3, -0.25) is 4.79 Å². The quantitative estimate of drug-likeness (QED) is 0.538. The highest BCUT2D eigenvalue weighted by Gasteiger charge is 2.33. The molecule has 0 spiro atoms. The number of hydrogen-bond donors (Lipinski definition) is 0. The first-order chi connectivity index (χ1) is 5.69. The lowest BCUT2D eigenvalue weighted by Gasteiger charge is -2.21. The van der Waals surface area contributed by atoms with Gasteiger partial charge in [-0.15, -0.1) is 0 Å². The van der Waals surface area contributed by atoms with Crippen LogP contribution in [0.5, 0.6) is 0 Å². The van der Waals surface area contributed by atoms with Gasteiger partial charge in [0.2, 0.25) is 0 Å². The van der Waals surface area contributed by atoms with E-state index < -0.39 is 4.32 Å². The number of rotatable bonds is 2. The van der Waals surface area contributed by atoms with Crippen molar-refractivity contribution >= 4 is 21.9 Å². The minimum atomic E-state index is -0.627. The number of esters is 1. The van der Waals surface area contributed by atoms with E-state index >= 15 is 0 Å². The van der Waals surface area contributed by atoms with Crippen molar-refractivity contribution in [1.82, 2.24) is 0 Å². The fourth-order valence-electron chi connectivity index (χ4n) is 0.997. The molecule has 0 N–H and O–H groups in total. The lowest BCUT2D eigenvalue weighted by atomic mass is 10.0. The van der Waals surface area contributed by atoms with Crippen LogP contribution in [-0.4, -0.2) is 16.9 Å². The van der Waals surface area contributed by atoms with Crippen LogP contribution in [0.4, 0.5) is 0 Å². The summed E-state index contributed by atoms with van der Waals surface area (Å²) in [6.07, 6.45) is 8.16. The van der Waals surface area contributed by atoms with Gasteiger partial charge >= 0.3 is 5.97 Å². The van der Waals surface area contributed by atoms with Gasteiger partial charge in [0.15, 0.2) is 0 Å². The molecule has 0 aromatic carbocycles. The predicted octanol–water partition coefficient (Wildman–Crippen LogP) is 2.20. The van der Waals surface area contributed by atoms with Crippen molar-refractivity contribution in [2.75, 3.05) is 6.61 Å². The van der Waals surface area contributed by atoms with Crippen molar-refractivity contribution in [3.63, 3.8) is 0 Å². The van der Waals surface area contributed by atoms with E-state index in [-0.39, 0.29) is 5.97 Å². The molecule has 0 aromatic heterocycles. The van der Waals surface area contributed by atoms with Crippen molar-refractivity contribution < 1.29 is 9.53 Å². The van der Waals surface area contributed by atoms with Crippen molar-refractivity contribution in [3.05, 3.63) is 24.3 Å². The lowest BCUT2D eigenvalue weighted by molar-refractivity contribution is -0.144. The highest BCUT2D eigenvalue weighted by atomic mass is 79.9. The summed E-state index contributed by atoms with van der Waals surface area (Å²) in [5.41, 5.74) is 0. The van der Waals surface area contributed by atoms with Crippen LogP contribution in [-0.2, 0) is 9.53 Å². The molecular formula is C9H11BrO2. The molecule has 1 atom stereocenters. The Bertz CT molecular complexity index is 233. The van der Waals surface area contributed by atoms with Gasteiger partial charge in [0.1, 0.15) is 4.32 Å². The minimum absolute atomic E-state index is 0.217. The van der Waals surface area contributed by atoms with Crippen LogP contribution in [0.15, 0.2) is 24.3 Å². The van der Waals surface area contributed by atoms with Crippen LogP contribution in [0, 0.1) is 0 Å². The average molecular weight is 231 g/mol. The summed E-state index contributed by atoms with van der Waals surface area (Å²) in [4.78, 5) is 11.4. The van der Waals surface area contributed by atoms with E-state index in [4.69, 9.17) is 4.74 Å². The molecule has 0 heterocycles. The number of alkyl halides is 1. The molecule has 12 heavy (non-hydrogen) atoms. The Hall–Kier alpha value is -0.570. The fraction of sp³-hybridized carbons (Fsp3) is 0.444. The Morgan fingerprint density at radius 1 is 1.67 bits per heavy atom. The van der Waals surface area contributed by atoms with E-state index in [1.165, 1.54) is 0 Å². The van der Waals surface area contributed by atoms with Gasteiger partial charge in [-0.05, 0) is 13.3 Å². The molecule has 0 bridgehead atoms. The average Bonchev–Trinajstić information content (AvgIpc) is 2.06. The predicted molar refractivity (Wildman–Crippen MR) is 51.2 cm³/mol. The molecule has 0 saturated heterocycles. The third-order valence-electron chi connectivity index (χ3n) is 1.64. The van der Waals surface area contributed by atoms with Crippen LogP contribution < -0.4 is 0 Å². The van der Waals surface area contributed by atoms with E-state index in [2.05, 4.69) is 15.9 Å². The van der Waals surface area contributed by atoms with Crippen molar-refractivity contribution in [2.45, 2.75) is 17.7 Å². The topological polar surface area (TPSA) is 26.3 Å². The first kappa shape index (κ1) is 9.52. The zero-order valence-corrected chi connectivity index (χ0v) is 8.50. The summed E-state index contributed by atoms with van der Waals surface area (Å²) in [7, 11) is 0. The summed E-state index contributed by atoms with van der Waals surface area (Å²) < 4.78 is 4.29. The molecule has 0 fully saturated rings. The Morgan fingerprint density at radius 2 is 2.42 bits per heavy atom. The summed E-state index contributed by atoms with van der Waals surface area (Å²) in [5.74, 6) is -0.217. The highest BCUT2D eigenvalue weighted by Crippen LogP contribution is 2.29. The Labute approximate surface area is 80.4 Å². The zero-order valence-electron chi connectivity index (χ0n) is 6.92. The van der Waals surface area contributed by atoms with Crippen molar-refractivity contribution in [1.29, 1.82) is 0 Å². The van der Waals surface area contributed by atoms with E-state index in [1.807, 2.05) is 24.3 Å². The molecule has 0 aromatic rings. The smallest absolute Gasteiger partial charge is 0.327 e. The molecule has 0 radical (unpaired) electrons. The fourth-order valence-corrected chi connectivity index (χ4v) is 1.45. The van der Waals surface area contributed by atoms with Gasteiger partial charge in [-0.25, -0.2) is 0 Å². The maximum absolute atomic E-state index is 11.4. The van der Waals surface area contributed by atoms with E-state index in [1.54, 1.807) is 6.92 Å². The lowest BCUT2D eigenvalue weighted by Crippen LogP contribution is -2.32. The van der Waals surface area contributed by atoms with E-state index in [9.17, 15) is 4.79 Å². The largest absolute Gasteiger partial charge is 0.465 e. The minimum Gasteiger partial charge on any atom is -0.465 e. The maximum Gasteiger partial charge on any atom is 0.327 e. The molecule has 1 rings (SSSR count). The van der Waals surface area contributed by atoms with E-state index in [0.29, 0.717) is 13.0 Å². The van der Waals surface area contributed by atoms with Gasteiger partial charge in [-0.2, -0.15) is 0 Å². The van der Waals surface area contributed by atoms with Crippen LogP contribution in [0.25, 0.3) is 0 Å². The maximum atomic E-state index is 11.4. The number of carbonyl (C=O) groups excluding carboxylic acids is 1. The molecule has 1 aliphatic rings. The van der Waals surface area contributed by atoms with Gasteiger partial charge in [-0.1, -0.05) is 40.2 Å². The molecule has 0 saturated carbocycles.